The van der Waals surface area contributed by atoms with E-state index in [1.54, 1.807) is 0 Å². The molecule has 5 heterocycles. The summed E-state index contributed by atoms with van der Waals surface area (Å²) >= 11 is 4.51. The van der Waals surface area contributed by atoms with Crippen LogP contribution in [0.15, 0.2) is 37.3 Å². The zero-order valence-corrected chi connectivity index (χ0v) is 23.6. The van der Waals surface area contributed by atoms with Gasteiger partial charge in [-0.1, -0.05) is 28.3 Å². The molecular formula is C20H16N8O9S4. The minimum atomic E-state index is -1.64. The molecule has 0 bridgehead atoms. The fourth-order valence-corrected chi connectivity index (χ4v) is 7.63. The van der Waals surface area contributed by atoms with Crippen LogP contribution in [0.3, 0.4) is 0 Å². The van der Waals surface area contributed by atoms with Gasteiger partial charge < -0.3 is 30.8 Å². The van der Waals surface area contributed by atoms with Gasteiger partial charge in [-0.05, 0) is 0 Å². The second kappa shape index (κ2) is 11.3. The van der Waals surface area contributed by atoms with Crippen LogP contribution < -0.4 is 16.6 Å². The molecule has 214 valence electrons. The maximum Gasteiger partial charge on any atom is 0.512 e. The number of anilines is 1. The summed E-state index contributed by atoms with van der Waals surface area (Å²) in [6.07, 6.45) is -0.687. The maximum absolute atomic E-state index is 13.1. The van der Waals surface area contributed by atoms with Crippen LogP contribution in [0.2, 0.25) is 0 Å². The first kappa shape index (κ1) is 28.3. The van der Waals surface area contributed by atoms with Crippen molar-refractivity contribution >= 4 is 85.9 Å². The van der Waals surface area contributed by atoms with Gasteiger partial charge >= 0.3 is 12.1 Å². The number of oxime groups is 1. The molecule has 2 aliphatic rings. The predicted octanol–water partition coefficient (Wildman–Crippen LogP) is 0.337. The molecule has 2 atom stereocenters. The normalized spacial score (nSPS) is 18.6. The molecule has 5 rings (SSSR count). The molecule has 3 aromatic heterocycles. The number of nitrogen functional groups attached to an aromatic ring is 1. The third kappa shape index (κ3) is 5.42. The van der Waals surface area contributed by atoms with Crippen LogP contribution in [0.25, 0.3) is 4.96 Å². The second-order valence-corrected chi connectivity index (χ2v) is 12.1. The number of hydrogen-bond acceptors (Lipinski definition) is 16. The van der Waals surface area contributed by atoms with E-state index in [0.29, 0.717) is 9.91 Å². The Balaban J connectivity index is 1.33. The van der Waals surface area contributed by atoms with E-state index in [1.807, 2.05) is 0 Å². The number of aromatic carboxylic acids is 1. The average Bonchev–Trinajstić information content (AvgIpc) is 3.55. The smallest absolute Gasteiger partial charge is 0.477 e. The lowest BCUT2D eigenvalue weighted by atomic mass is 10.1. The topological polar surface area (TPSA) is 241 Å². The van der Waals surface area contributed by atoms with Gasteiger partial charge in [-0.3, -0.25) is 19.3 Å². The van der Waals surface area contributed by atoms with Gasteiger partial charge in [0.25, 0.3) is 17.4 Å². The molecule has 1 fully saturated rings. The third-order valence-corrected chi connectivity index (χ3v) is 9.65. The fourth-order valence-electron chi connectivity index (χ4n) is 3.73. The highest BCUT2D eigenvalue weighted by atomic mass is 32.2. The zero-order chi connectivity index (χ0) is 29.4. The zero-order valence-electron chi connectivity index (χ0n) is 20.4. The van der Waals surface area contributed by atoms with Crippen molar-refractivity contribution in [3.05, 3.63) is 44.6 Å². The van der Waals surface area contributed by atoms with Crippen molar-refractivity contribution in [2.75, 3.05) is 24.3 Å². The number of carboxylic acid groups (broad SMARTS) is 2. The van der Waals surface area contributed by atoms with E-state index in [1.165, 1.54) is 24.3 Å². The first-order valence-corrected chi connectivity index (χ1v) is 14.8. The summed E-state index contributed by atoms with van der Waals surface area (Å²) in [5.74, 6) is -2.61. The van der Waals surface area contributed by atoms with Gasteiger partial charge in [-0.25, -0.2) is 19.6 Å². The fraction of sp³-hybridized carbons (Fsp3) is 0.250. The van der Waals surface area contributed by atoms with Crippen molar-refractivity contribution in [2.24, 2.45) is 5.16 Å². The van der Waals surface area contributed by atoms with Gasteiger partial charge in [0.15, 0.2) is 15.2 Å². The number of carbonyl (C=O) groups is 4. The number of rotatable bonds is 9. The first-order chi connectivity index (χ1) is 19.6. The lowest BCUT2D eigenvalue weighted by Crippen LogP contribution is -2.70. The highest BCUT2D eigenvalue weighted by molar-refractivity contribution is 8.02. The van der Waals surface area contributed by atoms with Crippen molar-refractivity contribution in [1.82, 2.24) is 29.8 Å². The van der Waals surface area contributed by atoms with E-state index in [9.17, 15) is 29.1 Å². The van der Waals surface area contributed by atoms with Crippen LogP contribution in [-0.4, -0.2) is 94.4 Å². The van der Waals surface area contributed by atoms with Gasteiger partial charge in [0.2, 0.25) is 10.8 Å². The molecule has 0 unspecified atom stereocenters. The van der Waals surface area contributed by atoms with E-state index in [-0.39, 0.29) is 38.9 Å². The Labute approximate surface area is 244 Å². The number of amides is 2. The van der Waals surface area contributed by atoms with Gasteiger partial charge in [-0.15, -0.1) is 28.2 Å². The Morgan fingerprint density at radius 3 is 2.76 bits per heavy atom. The summed E-state index contributed by atoms with van der Waals surface area (Å²) in [4.78, 5) is 75.0. The molecule has 41 heavy (non-hydrogen) atoms. The minimum absolute atomic E-state index is 0.124. The van der Waals surface area contributed by atoms with E-state index in [4.69, 9.17) is 20.4 Å². The number of aromatic nitrogens is 4. The monoisotopic (exact) mass is 640 g/mol. The maximum atomic E-state index is 13.1. The van der Waals surface area contributed by atoms with Crippen LogP contribution in [0, 0.1) is 0 Å². The Morgan fingerprint density at radius 2 is 2.10 bits per heavy atom. The quantitative estimate of drug-likeness (QED) is 0.0810. The van der Waals surface area contributed by atoms with E-state index < -0.39 is 46.5 Å². The van der Waals surface area contributed by atoms with E-state index >= 15 is 0 Å². The number of hydrogen-bond donors (Lipinski definition) is 4. The Hall–Kier alpha value is -4.21. The molecular weight excluding hydrogens is 625 g/mol. The number of fused-ring (bicyclic) bond motifs is 2. The number of nitrogens with zero attached hydrogens (tertiary/aromatic N) is 6. The predicted molar refractivity (Wildman–Crippen MR) is 146 cm³/mol. The number of carboxylic acids is 1. The lowest BCUT2D eigenvalue weighted by Gasteiger charge is -2.49. The van der Waals surface area contributed by atoms with E-state index in [2.05, 4.69) is 25.5 Å². The molecule has 21 heteroatoms. The van der Waals surface area contributed by atoms with Crippen LogP contribution >= 0.6 is 46.2 Å². The molecule has 2 amide bonds. The number of thioether (sulfide) groups is 2. The van der Waals surface area contributed by atoms with Crippen molar-refractivity contribution in [2.45, 2.75) is 15.8 Å². The largest absolute Gasteiger partial charge is 0.512 e. The molecule has 0 spiro atoms. The molecule has 0 saturated carbocycles. The summed E-state index contributed by atoms with van der Waals surface area (Å²) in [6, 6.07) is -1.02. The molecule has 3 aromatic rings. The van der Waals surface area contributed by atoms with Crippen molar-refractivity contribution in [3.63, 3.8) is 0 Å². The molecule has 0 aliphatic carbocycles. The van der Waals surface area contributed by atoms with Crippen LogP contribution in [0.1, 0.15) is 16.1 Å². The van der Waals surface area contributed by atoms with Gasteiger partial charge in [0.05, 0.1) is 6.20 Å². The molecule has 2 aliphatic heterocycles. The molecule has 0 aromatic carbocycles. The number of nitrogens with one attached hydrogen (secondary N) is 1. The van der Waals surface area contributed by atoms with Crippen molar-refractivity contribution in [3.8, 4) is 0 Å². The number of ether oxygens (including phenoxy) is 1. The Bertz CT molecular complexity index is 1710. The summed E-state index contributed by atoms with van der Waals surface area (Å²) in [6.45, 7) is 0. The third-order valence-electron chi connectivity index (χ3n) is 5.49. The van der Waals surface area contributed by atoms with Gasteiger partial charge in [-0.2, -0.15) is 4.52 Å². The standard InChI is InChI=1S/C20H16N8O9S4/c1-36-26-9(8-5-39-17(21)23-8)11(29)24-10-13(31)27-14(37-20(34)35)6(3-38-15(10)27)4-40-19-25-28-12(30)7(16(32)33)2-22-18(28)41-19/h2,5,10,15H,3-4H2,1H3,(H2,21,23)(H,24,29)(H,32,33)(H,34,35)/b26-9-/t10-,15-/m1/s1. The highest BCUT2D eigenvalue weighted by Crippen LogP contribution is 2.42. The Morgan fingerprint density at radius 1 is 1.32 bits per heavy atom. The summed E-state index contributed by atoms with van der Waals surface area (Å²) in [7, 11) is 1.24. The van der Waals surface area contributed by atoms with Crippen molar-refractivity contribution in [1.29, 1.82) is 0 Å². The number of thiazole rings is 1. The molecule has 5 N–H and O–H groups in total. The highest BCUT2D eigenvalue weighted by Gasteiger charge is 2.54. The molecule has 1 saturated heterocycles. The first-order valence-electron chi connectivity index (χ1n) is 11.0. The molecule has 0 radical (unpaired) electrons. The lowest BCUT2D eigenvalue weighted by molar-refractivity contribution is -0.148. The number of carbonyl (C=O) groups excluding carboxylic acids is 2. The van der Waals surface area contributed by atoms with Crippen LogP contribution in [-0.2, 0) is 19.2 Å². The van der Waals surface area contributed by atoms with Gasteiger partial charge in [0.1, 0.15) is 29.8 Å². The van der Waals surface area contributed by atoms with Gasteiger partial charge in [0, 0.05) is 22.5 Å². The minimum Gasteiger partial charge on any atom is -0.477 e. The summed E-state index contributed by atoms with van der Waals surface area (Å²) in [5.41, 5.74) is 4.68. The van der Waals surface area contributed by atoms with Crippen molar-refractivity contribution < 1.29 is 39.0 Å². The number of β-lactam (4-membered cyclic amide) rings is 1. The second-order valence-electron chi connectivity index (χ2n) is 7.96. The Kier molecular flexibility index (Phi) is 7.84. The van der Waals surface area contributed by atoms with Crippen LogP contribution in [0.5, 0.6) is 0 Å². The van der Waals surface area contributed by atoms with E-state index in [0.717, 1.165) is 50.0 Å². The van der Waals surface area contributed by atoms with Crippen LogP contribution in [0.4, 0.5) is 9.93 Å². The summed E-state index contributed by atoms with van der Waals surface area (Å²) in [5, 5.41) is 29.9. The SMILES string of the molecule is CO/N=C(\C(=O)N[C@@H]1C(=O)N2C(OC(=O)O)=C(CSc3nn4c(=O)c(C(=O)O)cnc4s3)CS[C@H]12)c1csc(N)n1. The molecule has 17 nitrogen and oxygen atoms in total. The number of nitrogens with two attached hydrogens (primary N) is 1. The average molecular weight is 641 g/mol. The summed E-state index contributed by atoms with van der Waals surface area (Å²) < 4.78 is 6.19.